The quantitative estimate of drug-likeness (QED) is 0.897. The minimum absolute atomic E-state index is 0.318. The van der Waals surface area contributed by atoms with E-state index in [0.717, 1.165) is 17.3 Å². The van der Waals surface area contributed by atoms with E-state index in [-0.39, 0.29) is 0 Å². The lowest BCUT2D eigenvalue weighted by Crippen LogP contribution is -2.17. The number of aryl methyl sites for hydroxylation is 1. The van der Waals surface area contributed by atoms with Crippen LogP contribution in [0.3, 0.4) is 0 Å². The molecule has 1 aromatic heterocycles. The van der Waals surface area contributed by atoms with Gasteiger partial charge >= 0.3 is 0 Å². The first-order chi connectivity index (χ1) is 8.69. The third kappa shape index (κ3) is 3.31. The molecular weight excluding hydrogens is 244 g/mol. The van der Waals surface area contributed by atoms with Crippen molar-refractivity contribution in [2.75, 3.05) is 7.11 Å². The van der Waals surface area contributed by atoms with Gasteiger partial charge in [-0.05, 0) is 31.5 Å². The number of hydrogen-bond acceptors (Lipinski definition) is 4. The van der Waals surface area contributed by atoms with Gasteiger partial charge < -0.3 is 10.1 Å². The number of nitrogens with one attached hydrogen (secondary N) is 1. The van der Waals surface area contributed by atoms with Gasteiger partial charge in [0, 0.05) is 23.7 Å². The molecule has 0 aliphatic carbocycles. The maximum atomic E-state index is 5.15. The van der Waals surface area contributed by atoms with Crippen molar-refractivity contribution >= 4 is 11.3 Å². The zero-order valence-corrected chi connectivity index (χ0v) is 11.8. The van der Waals surface area contributed by atoms with Crippen molar-refractivity contribution in [3.05, 3.63) is 45.9 Å². The maximum absolute atomic E-state index is 5.15. The van der Waals surface area contributed by atoms with Crippen LogP contribution in [0.4, 0.5) is 0 Å². The summed E-state index contributed by atoms with van der Waals surface area (Å²) in [4.78, 5) is 5.52. The normalized spacial score (nSPS) is 12.4. The summed E-state index contributed by atoms with van der Waals surface area (Å²) in [6.07, 6.45) is 1.94. The Morgan fingerprint density at radius 1 is 1.33 bits per heavy atom. The van der Waals surface area contributed by atoms with E-state index in [2.05, 4.69) is 29.4 Å². The van der Waals surface area contributed by atoms with Crippen LogP contribution in [0.1, 0.15) is 28.4 Å². The van der Waals surface area contributed by atoms with Crippen molar-refractivity contribution in [3.8, 4) is 5.75 Å². The van der Waals surface area contributed by atoms with Crippen LogP contribution in [0.5, 0.6) is 5.75 Å². The number of methoxy groups -OCH3 is 1. The Morgan fingerprint density at radius 2 is 2.06 bits per heavy atom. The van der Waals surface area contributed by atoms with Crippen LogP contribution in [-0.2, 0) is 6.54 Å². The molecule has 1 N–H and O–H groups in total. The molecule has 0 bridgehead atoms. The molecule has 0 aliphatic heterocycles. The second kappa shape index (κ2) is 5.98. The molecule has 18 heavy (non-hydrogen) atoms. The van der Waals surface area contributed by atoms with Crippen LogP contribution in [0.15, 0.2) is 30.5 Å². The molecule has 0 spiro atoms. The zero-order valence-electron chi connectivity index (χ0n) is 10.9. The molecule has 0 unspecified atom stereocenters. The summed E-state index contributed by atoms with van der Waals surface area (Å²) in [5.74, 6) is 0.893. The molecule has 4 heteroatoms. The Kier molecular flexibility index (Phi) is 4.33. The zero-order chi connectivity index (χ0) is 13.0. The van der Waals surface area contributed by atoms with E-state index in [4.69, 9.17) is 4.74 Å². The first-order valence-electron chi connectivity index (χ1n) is 5.97. The Balaban J connectivity index is 1.92. The van der Waals surface area contributed by atoms with Crippen LogP contribution in [0.2, 0.25) is 0 Å². The van der Waals surface area contributed by atoms with Gasteiger partial charge in [0.1, 0.15) is 5.75 Å². The van der Waals surface area contributed by atoms with Crippen LogP contribution < -0.4 is 10.1 Å². The van der Waals surface area contributed by atoms with E-state index < -0.39 is 0 Å². The van der Waals surface area contributed by atoms with Crippen LogP contribution in [-0.4, -0.2) is 12.1 Å². The van der Waals surface area contributed by atoms with Gasteiger partial charge in [0.25, 0.3) is 0 Å². The molecule has 0 saturated carbocycles. The maximum Gasteiger partial charge on any atom is 0.118 e. The van der Waals surface area contributed by atoms with Crippen molar-refractivity contribution in [2.45, 2.75) is 26.4 Å². The minimum Gasteiger partial charge on any atom is -0.497 e. The minimum atomic E-state index is 0.318. The average molecular weight is 262 g/mol. The van der Waals surface area contributed by atoms with Crippen molar-refractivity contribution in [1.29, 1.82) is 0 Å². The van der Waals surface area contributed by atoms with E-state index >= 15 is 0 Å². The SMILES string of the molecule is COc1ccc([C@@H](C)NCc2cnc(C)s2)cc1. The van der Waals surface area contributed by atoms with E-state index in [9.17, 15) is 0 Å². The van der Waals surface area contributed by atoms with Crippen molar-refractivity contribution < 1.29 is 4.74 Å². The second-order valence-corrected chi connectivity index (χ2v) is 5.54. The standard InChI is InChI=1S/C14H18N2OS/c1-10(12-4-6-13(17-3)7-5-12)15-8-14-9-16-11(2)18-14/h4-7,9-10,15H,8H2,1-3H3/t10-/m1/s1. The van der Waals surface area contributed by atoms with Gasteiger partial charge in [0.15, 0.2) is 0 Å². The predicted octanol–water partition coefficient (Wildman–Crippen LogP) is 3.31. The van der Waals surface area contributed by atoms with E-state index in [1.54, 1.807) is 18.4 Å². The summed E-state index contributed by atoms with van der Waals surface area (Å²) >= 11 is 1.74. The fraction of sp³-hybridized carbons (Fsp3) is 0.357. The van der Waals surface area contributed by atoms with E-state index in [1.807, 2.05) is 25.3 Å². The second-order valence-electron chi connectivity index (χ2n) is 4.22. The van der Waals surface area contributed by atoms with Crippen molar-refractivity contribution in [3.63, 3.8) is 0 Å². The molecule has 3 nitrogen and oxygen atoms in total. The largest absolute Gasteiger partial charge is 0.497 e. The number of nitrogens with zero attached hydrogens (tertiary/aromatic N) is 1. The van der Waals surface area contributed by atoms with Crippen LogP contribution in [0, 0.1) is 6.92 Å². The summed E-state index contributed by atoms with van der Waals surface area (Å²) in [6.45, 7) is 5.05. The lowest BCUT2D eigenvalue weighted by atomic mass is 10.1. The Hall–Kier alpha value is -1.39. The number of rotatable bonds is 5. The van der Waals surface area contributed by atoms with Gasteiger partial charge in [-0.2, -0.15) is 0 Å². The summed E-state index contributed by atoms with van der Waals surface area (Å²) < 4.78 is 5.15. The van der Waals surface area contributed by atoms with Gasteiger partial charge in [-0.3, -0.25) is 0 Å². The smallest absolute Gasteiger partial charge is 0.118 e. The van der Waals surface area contributed by atoms with Crippen LogP contribution >= 0.6 is 11.3 Å². The highest BCUT2D eigenvalue weighted by Crippen LogP contribution is 2.18. The molecule has 0 fully saturated rings. The molecule has 0 amide bonds. The highest BCUT2D eigenvalue weighted by atomic mass is 32.1. The highest BCUT2D eigenvalue weighted by Gasteiger charge is 2.06. The fourth-order valence-corrected chi connectivity index (χ4v) is 2.50. The molecule has 96 valence electrons. The first-order valence-corrected chi connectivity index (χ1v) is 6.79. The lowest BCUT2D eigenvalue weighted by molar-refractivity contribution is 0.414. The third-order valence-corrected chi connectivity index (χ3v) is 3.78. The molecule has 1 aromatic carbocycles. The van der Waals surface area contributed by atoms with E-state index in [1.165, 1.54) is 10.4 Å². The number of hydrogen-bond donors (Lipinski definition) is 1. The van der Waals surface area contributed by atoms with Crippen molar-refractivity contribution in [1.82, 2.24) is 10.3 Å². The number of aromatic nitrogens is 1. The van der Waals surface area contributed by atoms with Crippen LogP contribution in [0.25, 0.3) is 0 Å². The Labute approximate surface area is 112 Å². The summed E-state index contributed by atoms with van der Waals surface area (Å²) in [5, 5.41) is 4.61. The summed E-state index contributed by atoms with van der Waals surface area (Å²) in [5.41, 5.74) is 1.26. The summed E-state index contributed by atoms with van der Waals surface area (Å²) in [7, 11) is 1.68. The molecule has 2 rings (SSSR count). The Bertz CT molecular complexity index is 493. The monoisotopic (exact) mass is 262 g/mol. The van der Waals surface area contributed by atoms with Gasteiger partial charge in [0.05, 0.1) is 12.1 Å². The van der Waals surface area contributed by atoms with Crippen molar-refractivity contribution in [2.24, 2.45) is 0 Å². The molecule has 2 aromatic rings. The van der Waals surface area contributed by atoms with E-state index in [0.29, 0.717) is 6.04 Å². The molecule has 1 heterocycles. The Morgan fingerprint density at radius 3 is 2.61 bits per heavy atom. The molecule has 0 radical (unpaired) electrons. The first kappa shape index (κ1) is 13.1. The fourth-order valence-electron chi connectivity index (χ4n) is 1.75. The van der Waals surface area contributed by atoms with Gasteiger partial charge in [-0.1, -0.05) is 12.1 Å². The average Bonchev–Trinajstić information content (AvgIpc) is 2.82. The molecule has 0 aliphatic rings. The lowest BCUT2D eigenvalue weighted by Gasteiger charge is -2.13. The molecular formula is C14H18N2OS. The third-order valence-electron chi connectivity index (χ3n) is 2.87. The molecule has 0 saturated heterocycles. The topological polar surface area (TPSA) is 34.1 Å². The van der Waals surface area contributed by atoms with Gasteiger partial charge in [-0.25, -0.2) is 4.98 Å². The summed E-state index contributed by atoms with van der Waals surface area (Å²) in [6, 6.07) is 8.48. The van der Waals surface area contributed by atoms with Gasteiger partial charge in [-0.15, -0.1) is 11.3 Å². The van der Waals surface area contributed by atoms with Gasteiger partial charge in [0.2, 0.25) is 0 Å². The number of benzene rings is 1. The number of ether oxygens (including phenoxy) is 1. The molecule has 1 atom stereocenters. The predicted molar refractivity (Wildman–Crippen MR) is 75.1 cm³/mol. The number of thiazole rings is 1. The highest BCUT2D eigenvalue weighted by molar-refractivity contribution is 7.11.